The van der Waals surface area contributed by atoms with Gasteiger partial charge in [0.2, 0.25) is 0 Å². The summed E-state index contributed by atoms with van der Waals surface area (Å²) in [5.74, 6) is -0.764. The van der Waals surface area contributed by atoms with Gasteiger partial charge in [-0.25, -0.2) is 0 Å². The molecule has 0 saturated carbocycles. The van der Waals surface area contributed by atoms with Crippen molar-refractivity contribution in [1.82, 2.24) is 9.78 Å². The predicted molar refractivity (Wildman–Crippen MR) is 66.0 cm³/mol. The van der Waals surface area contributed by atoms with Gasteiger partial charge in [0.05, 0.1) is 5.52 Å². The van der Waals surface area contributed by atoms with E-state index in [-0.39, 0.29) is 6.42 Å². The first kappa shape index (κ1) is 11.6. The summed E-state index contributed by atoms with van der Waals surface area (Å²) in [6, 6.07) is 6.02. The third-order valence-electron chi connectivity index (χ3n) is 2.98. The van der Waals surface area contributed by atoms with Gasteiger partial charge in [-0.1, -0.05) is 19.1 Å². The van der Waals surface area contributed by atoms with Crippen molar-refractivity contribution in [2.45, 2.75) is 26.2 Å². The van der Waals surface area contributed by atoms with Crippen molar-refractivity contribution < 1.29 is 9.90 Å². The van der Waals surface area contributed by atoms with E-state index in [0.717, 1.165) is 22.9 Å². The Morgan fingerprint density at radius 3 is 2.88 bits per heavy atom. The zero-order valence-electron chi connectivity index (χ0n) is 10.1. The Balaban J connectivity index is 2.35. The maximum atomic E-state index is 10.5. The molecule has 0 bridgehead atoms. The molecule has 17 heavy (non-hydrogen) atoms. The molecule has 4 heteroatoms. The van der Waals surface area contributed by atoms with E-state index in [9.17, 15) is 4.79 Å². The number of aromatic nitrogens is 2. The number of benzene rings is 1. The highest BCUT2D eigenvalue weighted by atomic mass is 16.4. The molecule has 0 saturated heterocycles. The SMILES string of the molecule is CCc1c2ccc(CCC(=O)O)cc2nn1C. The number of carboxylic acid groups (broad SMARTS) is 1. The van der Waals surface area contributed by atoms with Crippen molar-refractivity contribution in [3.63, 3.8) is 0 Å². The smallest absolute Gasteiger partial charge is 0.303 e. The van der Waals surface area contributed by atoms with Gasteiger partial charge in [-0.15, -0.1) is 0 Å². The Hall–Kier alpha value is -1.84. The Bertz CT molecular complexity index is 558. The normalized spacial score (nSPS) is 10.9. The van der Waals surface area contributed by atoms with Crippen LogP contribution in [0.25, 0.3) is 10.9 Å². The van der Waals surface area contributed by atoms with Crippen LogP contribution in [0.15, 0.2) is 18.2 Å². The Kier molecular flexibility index (Phi) is 3.13. The van der Waals surface area contributed by atoms with Crippen LogP contribution >= 0.6 is 0 Å². The molecule has 0 aliphatic carbocycles. The minimum absolute atomic E-state index is 0.166. The fourth-order valence-corrected chi connectivity index (χ4v) is 2.13. The fourth-order valence-electron chi connectivity index (χ4n) is 2.13. The first-order valence-electron chi connectivity index (χ1n) is 5.78. The number of rotatable bonds is 4. The zero-order chi connectivity index (χ0) is 12.4. The number of carboxylic acids is 1. The molecule has 90 valence electrons. The van der Waals surface area contributed by atoms with Gasteiger partial charge < -0.3 is 5.11 Å². The number of nitrogens with zero attached hydrogens (tertiary/aromatic N) is 2. The second-order valence-corrected chi connectivity index (χ2v) is 4.17. The molecule has 0 radical (unpaired) electrons. The molecule has 0 atom stereocenters. The van der Waals surface area contributed by atoms with E-state index < -0.39 is 5.97 Å². The van der Waals surface area contributed by atoms with E-state index in [1.165, 1.54) is 5.69 Å². The summed E-state index contributed by atoms with van der Waals surface area (Å²) in [4.78, 5) is 10.5. The van der Waals surface area contributed by atoms with Crippen LogP contribution in [0.5, 0.6) is 0 Å². The highest BCUT2D eigenvalue weighted by Crippen LogP contribution is 2.20. The highest BCUT2D eigenvalue weighted by Gasteiger charge is 2.08. The molecule has 1 N–H and O–H groups in total. The molecule has 2 rings (SSSR count). The highest BCUT2D eigenvalue weighted by molar-refractivity contribution is 5.82. The lowest BCUT2D eigenvalue weighted by Gasteiger charge is -1.99. The largest absolute Gasteiger partial charge is 0.481 e. The summed E-state index contributed by atoms with van der Waals surface area (Å²) < 4.78 is 1.89. The van der Waals surface area contributed by atoms with Crippen LogP contribution in [0.3, 0.4) is 0 Å². The first-order chi connectivity index (χ1) is 8.11. The molecule has 0 amide bonds. The molecule has 0 unspecified atom stereocenters. The lowest BCUT2D eigenvalue weighted by molar-refractivity contribution is -0.136. The minimum Gasteiger partial charge on any atom is -0.481 e. The lowest BCUT2D eigenvalue weighted by atomic mass is 10.1. The van der Waals surface area contributed by atoms with Gasteiger partial charge in [0, 0.05) is 24.5 Å². The van der Waals surface area contributed by atoms with Gasteiger partial charge in [0.1, 0.15) is 0 Å². The van der Waals surface area contributed by atoms with Crippen molar-refractivity contribution in [2.24, 2.45) is 7.05 Å². The van der Waals surface area contributed by atoms with Gasteiger partial charge in [0.15, 0.2) is 0 Å². The number of hydrogen-bond donors (Lipinski definition) is 1. The second kappa shape index (κ2) is 4.57. The molecule has 0 fully saturated rings. The molecular weight excluding hydrogens is 216 g/mol. The van der Waals surface area contributed by atoms with Crippen molar-refractivity contribution in [1.29, 1.82) is 0 Å². The van der Waals surface area contributed by atoms with Crippen molar-refractivity contribution in [3.8, 4) is 0 Å². The van der Waals surface area contributed by atoms with Crippen LogP contribution in [0.2, 0.25) is 0 Å². The van der Waals surface area contributed by atoms with E-state index in [1.54, 1.807) is 0 Å². The van der Waals surface area contributed by atoms with Crippen LogP contribution in [0, 0.1) is 0 Å². The van der Waals surface area contributed by atoms with Crippen molar-refractivity contribution >= 4 is 16.9 Å². The first-order valence-corrected chi connectivity index (χ1v) is 5.78. The summed E-state index contributed by atoms with van der Waals surface area (Å²) in [6.07, 6.45) is 1.67. The van der Waals surface area contributed by atoms with Crippen LogP contribution < -0.4 is 0 Å². The summed E-state index contributed by atoms with van der Waals surface area (Å²) in [5, 5.41) is 14.3. The Morgan fingerprint density at radius 2 is 2.24 bits per heavy atom. The number of carbonyl (C=O) groups is 1. The third-order valence-corrected chi connectivity index (χ3v) is 2.98. The lowest BCUT2D eigenvalue weighted by Crippen LogP contribution is -1.97. The molecular formula is C13H16N2O2. The summed E-state index contributed by atoms with van der Waals surface area (Å²) in [5.41, 5.74) is 3.19. The quantitative estimate of drug-likeness (QED) is 0.878. The maximum absolute atomic E-state index is 10.5. The Labute approximate surface area is 99.9 Å². The zero-order valence-corrected chi connectivity index (χ0v) is 10.1. The number of fused-ring (bicyclic) bond motifs is 1. The average molecular weight is 232 g/mol. The molecule has 0 spiro atoms. The van der Waals surface area contributed by atoms with Crippen LogP contribution in [-0.2, 0) is 24.7 Å². The average Bonchev–Trinajstić information content (AvgIpc) is 2.60. The second-order valence-electron chi connectivity index (χ2n) is 4.17. The fraction of sp³-hybridized carbons (Fsp3) is 0.385. The molecule has 1 heterocycles. The van der Waals surface area contributed by atoms with Gasteiger partial charge in [-0.3, -0.25) is 9.48 Å². The topological polar surface area (TPSA) is 55.1 Å². The molecule has 2 aromatic rings. The van der Waals surface area contributed by atoms with Crippen molar-refractivity contribution in [2.75, 3.05) is 0 Å². The summed E-state index contributed by atoms with van der Waals surface area (Å²) in [6.45, 7) is 2.11. The monoisotopic (exact) mass is 232 g/mol. The van der Waals surface area contributed by atoms with E-state index in [1.807, 2.05) is 29.9 Å². The van der Waals surface area contributed by atoms with E-state index in [2.05, 4.69) is 12.0 Å². The standard InChI is InChI=1S/C13H16N2O2/c1-3-12-10-6-4-9(5-7-13(16)17)8-11(10)14-15(12)2/h4,6,8H,3,5,7H2,1-2H3,(H,16,17). The number of hydrogen-bond acceptors (Lipinski definition) is 2. The van der Waals surface area contributed by atoms with Crippen LogP contribution in [-0.4, -0.2) is 20.9 Å². The molecule has 1 aromatic carbocycles. The summed E-state index contributed by atoms with van der Waals surface area (Å²) in [7, 11) is 1.94. The van der Waals surface area contributed by atoms with Gasteiger partial charge in [-0.05, 0) is 24.5 Å². The minimum atomic E-state index is -0.764. The number of aliphatic carboxylic acids is 1. The van der Waals surface area contributed by atoms with Crippen LogP contribution in [0.4, 0.5) is 0 Å². The Morgan fingerprint density at radius 1 is 1.47 bits per heavy atom. The molecule has 1 aromatic heterocycles. The molecule has 4 nitrogen and oxygen atoms in total. The van der Waals surface area contributed by atoms with E-state index in [0.29, 0.717) is 6.42 Å². The van der Waals surface area contributed by atoms with E-state index in [4.69, 9.17) is 5.11 Å². The molecule has 0 aliphatic heterocycles. The summed E-state index contributed by atoms with van der Waals surface area (Å²) >= 11 is 0. The predicted octanol–water partition coefficient (Wildman–Crippen LogP) is 2.15. The van der Waals surface area contributed by atoms with E-state index >= 15 is 0 Å². The number of aryl methyl sites for hydroxylation is 3. The van der Waals surface area contributed by atoms with Gasteiger partial charge >= 0.3 is 5.97 Å². The van der Waals surface area contributed by atoms with Crippen molar-refractivity contribution in [3.05, 3.63) is 29.5 Å². The van der Waals surface area contributed by atoms with Gasteiger partial charge in [-0.2, -0.15) is 5.10 Å². The molecule has 0 aliphatic rings. The van der Waals surface area contributed by atoms with Gasteiger partial charge in [0.25, 0.3) is 0 Å². The maximum Gasteiger partial charge on any atom is 0.303 e. The van der Waals surface area contributed by atoms with Crippen LogP contribution in [0.1, 0.15) is 24.6 Å². The third kappa shape index (κ3) is 2.30.